The molecule has 1 heterocycles. The summed E-state index contributed by atoms with van der Waals surface area (Å²) in [5.74, 6) is -0.191. The van der Waals surface area contributed by atoms with Gasteiger partial charge in [0.25, 0.3) is 5.91 Å². The number of aromatic amines is 1. The summed E-state index contributed by atoms with van der Waals surface area (Å²) in [7, 11) is 0. The highest BCUT2D eigenvalue weighted by molar-refractivity contribution is 6.35. The summed E-state index contributed by atoms with van der Waals surface area (Å²) in [6, 6.07) is 9.95. The van der Waals surface area contributed by atoms with E-state index in [1.807, 2.05) is 0 Å². The van der Waals surface area contributed by atoms with Gasteiger partial charge in [0.15, 0.2) is 6.61 Å². The predicted octanol–water partition coefficient (Wildman–Crippen LogP) is 5.51. The number of H-pyrrole nitrogens is 1. The van der Waals surface area contributed by atoms with Gasteiger partial charge in [0.05, 0.1) is 5.02 Å². The Hall–Kier alpha value is -2.38. The SMILES string of the molecule is O=C(COc1ccc(Cl)cc1Cl)Nc1ccc2[nH]c(C(F)(F)F)cc2c1. The van der Waals surface area contributed by atoms with Crippen molar-refractivity contribution in [3.8, 4) is 5.75 Å². The largest absolute Gasteiger partial charge is 0.482 e. The van der Waals surface area contributed by atoms with Crippen LogP contribution in [0.3, 0.4) is 0 Å². The Bertz CT molecular complexity index is 970. The summed E-state index contributed by atoms with van der Waals surface area (Å²) in [6.45, 7) is -0.319. The molecule has 0 saturated carbocycles. The summed E-state index contributed by atoms with van der Waals surface area (Å²) in [6.07, 6.45) is -4.46. The van der Waals surface area contributed by atoms with Crippen LogP contribution in [-0.2, 0) is 11.0 Å². The van der Waals surface area contributed by atoms with Crippen LogP contribution in [0.25, 0.3) is 10.9 Å². The van der Waals surface area contributed by atoms with Crippen molar-refractivity contribution in [2.75, 3.05) is 11.9 Å². The van der Waals surface area contributed by atoms with Gasteiger partial charge in [-0.2, -0.15) is 13.2 Å². The molecule has 26 heavy (non-hydrogen) atoms. The standard InChI is InChI=1S/C17H11Cl2F3N2O2/c18-10-1-4-14(12(19)7-10)26-8-16(25)23-11-2-3-13-9(5-11)6-15(24-13)17(20,21)22/h1-7,24H,8H2,(H,23,25). The molecule has 0 aliphatic heterocycles. The molecule has 0 fully saturated rings. The molecule has 0 atom stereocenters. The van der Waals surface area contributed by atoms with Crippen molar-refractivity contribution in [3.63, 3.8) is 0 Å². The number of halogens is 5. The second-order valence-corrected chi connectivity index (χ2v) is 6.24. The van der Waals surface area contributed by atoms with Crippen LogP contribution in [0.2, 0.25) is 10.0 Å². The number of fused-ring (bicyclic) bond motifs is 1. The van der Waals surface area contributed by atoms with Gasteiger partial charge in [0.2, 0.25) is 0 Å². The molecule has 0 saturated heterocycles. The number of rotatable bonds is 4. The Balaban J connectivity index is 1.67. The lowest BCUT2D eigenvalue weighted by Gasteiger charge is -2.09. The van der Waals surface area contributed by atoms with E-state index in [0.29, 0.717) is 27.4 Å². The molecular weight excluding hydrogens is 392 g/mol. The van der Waals surface area contributed by atoms with E-state index in [9.17, 15) is 18.0 Å². The maximum absolute atomic E-state index is 12.7. The Morgan fingerprint density at radius 3 is 2.58 bits per heavy atom. The van der Waals surface area contributed by atoms with Gasteiger partial charge >= 0.3 is 6.18 Å². The highest BCUT2D eigenvalue weighted by Crippen LogP contribution is 2.32. The quantitative estimate of drug-likeness (QED) is 0.604. The maximum atomic E-state index is 12.7. The normalized spacial score (nSPS) is 11.6. The van der Waals surface area contributed by atoms with Gasteiger partial charge in [-0.15, -0.1) is 0 Å². The van der Waals surface area contributed by atoms with Crippen LogP contribution in [0.5, 0.6) is 5.75 Å². The molecule has 136 valence electrons. The fourth-order valence-corrected chi connectivity index (χ4v) is 2.76. The molecule has 3 rings (SSSR count). The van der Waals surface area contributed by atoms with Crippen LogP contribution in [0.15, 0.2) is 42.5 Å². The minimum absolute atomic E-state index is 0.263. The van der Waals surface area contributed by atoms with Crippen LogP contribution in [0, 0.1) is 0 Å². The zero-order chi connectivity index (χ0) is 18.9. The molecule has 0 unspecified atom stereocenters. The molecule has 1 aromatic heterocycles. The molecule has 0 bridgehead atoms. The van der Waals surface area contributed by atoms with E-state index in [0.717, 1.165) is 6.07 Å². The molecule has 0 aliphatic carbocycles. The lowest BCUT2D eigenvalue weighted by Crippen LogP contribution is -2.20. The summed E-state index contributed by atoms with van der Waals surface area (Å²) in [5, 5.41) is 3.58. The van der Waals surface area contributed by atoms with Gasteiger partial charge in [-0.1, -0.05) is 23.2 Å². The van der Waals surface area contributed by atoms with Crippen molar-refractivity contribution in [2.24, 2.45) is 0 Å². The fraction of sp³-hybridized carbons (Fsp3) is 0.118. The van der Waals surface area contributed by atoms with E-state index < -0.39 is 17.8 Å². The molecule has 0 radical (unpaired) electrons. The maximum Gasteiger partial charge on any atom is 0.431 e. The summed E-state index contributed by atoms with van der Waals surface area (Å²) in [4.78, 5) is 14.3. The van der Waals surface area contributed by atoms with Crippen molar-refractivity contribution < 1.29 is 22.7 Å². The van der Waals surface area contributed by atoms with Gasteiger partial charge in [0, 0.05) is 21.6 Å². The summed E-state index contributed by atoms with van der Waals surface area (Å²) in [5.41, 5.74) is -0.183. The van der Waals surface area contributed by atoms with Crippen molar-refractivity contribution in [1.82, 2.24) is 4.98 Å². The topological polar surface area (TPSA) is 54.1 Å². The monoisotopic (exact) mass is 402 g/mol. The zero-order valence-corrected chi connectivity index (χ0v) is 14.5. The van der Waals surface area contributed by atoms with Crippen molar-refractivity contribution in [3.05, 3.63) is 58.2 Å². The number of anilines is 1. The van der Waals surface area contributed by atoms with Gasteiger partial charge in [-0.05, 0) is 42.5 Å². The number of ether oxygens (including phenoxy) is 1. The first-order valence-corrected chi connectivity index (χ1v) is 8.05. The Labute approximate surface area is 155 Å². The second kappa shape index (κ2) is 7.09. The molecule has 9 heteroatoms. The number of amides is 1. The number of benzene rings is 2. The molecular formula is C17H11Cl2F3N2O2. The first kappa shape index (κ1) is 18.4. The van der Waals surface area contributed by atoms with Crippen LogP contribution >= 0.6 is 23.2 Å². The van der Waals surface area contributed by atoms with Crippen molar-refractivity contribution in [1.29, 1.82) is 0 Å². The minimum atomic E-state index is -4.46. The number of hydrogen-bond donors (Lipinski definition) is 2. The van der Waals surface area contributed by atoms with E-state index >= 15 is 0 Å². The number of carbonyl (C=O) groups is 1. The molecule has 2 aromatic carbocycles. The number of hydrogen-bond acceptors (Lipinski definition) is 2. The molecule has 3 aromatic rings. The first-order chi connectivity index (χ1) is 12.2. The van der Waals surface area contributed by atoms with Gasteiger partial charge in [-0.3, -0.25) is 4.79 Å². The Morgan fingerprint density at radius 2 is 1.88 bits per heavy atom. The Kier molecular flexibility index (Phi) is 5.02. The highest BCUT2D eigenvalue weighted by Gasteiger charge is 2.32. The summed E-state index contributed by atoms with van der Waals surface area (Å²) >= 11 is 11.7. The molecule has 1 amide bonds. The third-order valence-electron chi connectivity index (χ3n) is 3.46. The number of alkyl halides is 3. The van der Waals surface area contributed by atoms with E-state index in [1.165, 1.54) is 30.3 Å². The smallest absolute Gasteiger partial charge is 0.431 e. The summed E-state index contributed by atoms with van der Waals surface area (Å²) < 4.78 is 43.5. The lowest BCUT2D eigenvalue weighted by atomic mass is 10.2. The van der Waals surface area contributed by atoms with Crippen LogP contribution in [-0.4, -0.2) is 17.5 Å². The van der Waals surface area contributed by atoms with E-state index in [1.54, 1.807) is 6.07 Å². The van der Waals surface area contributed by atoms with Gasteiger partial charge in [-0.25, -0.2) is 0 Å². The fourth-order valence-electron chi connectivity index (χ4n) is 2.30. The number of aromatic nitrogens is 1. The minimum Gasteiger partial charge on any atom is -0.482 e. The third kappa shape index (κ3) is 4.23. The van der Waals surface area contributed by atoms with E-state index in [4.69, 9.17) is 27.9 Å². The molecule has 4 nitrogen and oxygen atoms in total. The zero-order valence-electron chi connectivity index (χ0n) is 13.0. The average molecular weight is 403 g/mol. The lowest BCUT2D eigenvalue weighted by molar-refractivity contribution is -0.140. The average Bonchev–Trinajstić information content (AvgIpc) is 2.97. The first-order valence-electron chi connectivity index (χ1n) is 7.30. The molecule has 2 N–H and O–H groups in total. The van der Waals surface area contributed by atoms with Crippen LogP contribution in [0.1, 0.15) is 5.69 Å². The van der Waals surface area contributed by atoms with E-state index in [2.05, 4.69) is 10.3 Å². The van der Waals surface area contributed by atoms with Crippen LogP contribution in [0.4, 0.5) is 18.9 Å². The third-order valence-corrected chi connectivity index (χ3v) is 3.99. The van der Waals surface area contributed by atoms with Crippen molar-refractivity contribution >= 4 is 45.7 Å². The van der Waals surface area contributed by atoms with Crippen molar-refractivity contribution in [2.45, 2.75) is 6.18 Å². The highest BCUT2D eigenvalue weighted by atomic mass is 35.5. The van der Waals surface area contributed by atoms with Gasteiger partial charge < -0.3 is 15.0 Å². The molecule has 0 spiro atoms. The predicted molar refractivity (Wildman–Crippen MR) is 93.9 cm³/mol. The number of nitrogens with one attached hydrogen (secondary N) is 2. The molecule has 0 aliphatic rings. The van der Waals surface area contributed by atoms with E-state index in [-0.39, 0.29) is 11.6 Å². The second-order valence-electron chi connectivity index (χ2n) is 5.39. The van der Waals surface area contributed by atoms with Gasteiger partial charge in [0.1, 0.15) is 11.4 Å². The van der Waals surface area contributed by atoms with Crippen LogP contribution < -0.4 is 10.1 Å². The Morgan fingerprint density at radius 1 is 1.12 bits per heavy atom. The number of carbonyl (C=O) groups excluding carboxylic acids is 1.